The summed E-state index contributed by atoms with van der Waals surface area (Å²) in [5.41, 5.74) is 28.3. The van der Waals surface area contributed by atoms with Gasteiger partial charge in [0.2, 0.25) is 11.4 Å². The van der Waals surface area contributed by atoms with Crippen LogP contribution in [0, 0.1) is 0 Å². The molecule has 0 amide bonds. The van der Waals surface area contributed by atoms with Gasteiger partial charge in [-0.15, -0.1) is 0 Å². The molecular weight excluding hydrogens is 1620 g/mol. The molecule has 0 spiro atoms. The molecule has 2 aliphatic carbocycles. The van der Waals surface area contributed by atoms with E-state index in [0.717, 1.165) is 109 Å². The molecule has 2 N–H and O–H groups in total. The Morgan fingerprint density at radius 3 is 0.707 bits per heavy atom. The standard InChI is InChI=1S/2C33H39N3.C32H16N8.2CH4O3S.Cu/c2*1-6-34-32-24-23-31(29-13-11-12-14-30(29)32)33(25-15-19-27(20-16-25)35(7-2)8-3)26-17-21-28(22-18-26)36(9-4)10-5;1-2-10-18-17(9-1)25-33-26(18)38-28-21-13-5-6-14-22(21)30(35-28)40-32-24-16-8-7-15-23(24)31(36-32)39-29-20-12-4-3-11-19(20)27(34-29)37-25;2*1-5(2,3)4;/h2*11-24H,6-10H2,1-5H3;1-16H;2*1H3,(H,2,3,4);/q;;-2;;;+2. The topological polar surface area (TPSA) is 261 Å². The van der Waals surface area contributed by atoms with Gasteiger partial charge >= 0.3 is 17.1 Å². The molecule has 10 aromatic carbocycles. The Bertz CT molecular complexity index is 5880. The van der Waals surface area contributed by atoms with Gasteiger partial charge in [-0.3, -0.25) is 0 Å². The van der Waals surface area contributed by atoms with Gasteiger partial charge in [-0.2, -0.15) is 0 Å². The van der Waals surface area contributed by atoms with Gasteiger partial charge in [-0.1, -0.05) is 182 Å². The Balaban J connectivity index is 0.000000159. The molecule has 20 nitrogen and oxygen atoms in total. The van der Waals surface area contributed by atoms with E-state index in [2.05, 4.69) is 269 Å². The fourth-order valence-electron chi connectivity index (χ4n) is 15.8. The van der Waals surface area contributed by atoms with Crippen molar-refractivity contribution in [2.75, 3.05) is 97.6 Å². The van der Waals surface area contributed by atoms with Crippen molar-refractivity contribution >= 4 is 121 Å². The predicted octanol–water partition coefficient (Wildman–Crippen LogP) is 16.0. The van der Waals surface area contributed by atoms with Gasteiger partial charge in [-0.05, 0) is 219 Å². The molecular formula is C100H102CuN14O6S2. The number of aromatic nitrogens is 8. The second kappa shape index (κ2) is 40.8. The van der Waals surface area contributed by atoms with Crippen molar-refractivity contribution in [3.05, 3.63) is 311 Å². The summed E-state index contributed by atoms with van der Waals surface area (Å²) in [5.74, 6) is 2.21. The molecule has 1 radical (unpaired) electrons. The molecule has 0 saturated heterocycles. The van der Waals surface area contributed by atoms with Crippen molar-refractivity contribution in [2.24, 2.45) is 0 Å². The molecule has 4 aliphatic rings. The smallest absolute Gasteiger partial charge is 0.748 e. The average Bonchev–Trinajstić information content (AvgIpc) is 1.63. The fourth-order valence-corrected chi connectivity index (χ4v) is 15.8. The van der Waals surface area contributed by atoms with E-state index in [1.54, 1.807) is 0 Å². The molecule has 5 heterocycles. The van der Waals surface area contributed by atoms with E-state index < -0.39 is 20.2 Å². The number of nitrogens with zero attached hydrogens (tertiary/aromatic N) is 12. The minimum absolute atomic E-state index is 0. The number of benzene rings is 10. The van der Waals surface area contributed by atoms with Crippen molar-refractivity contribution in [3.8, 4) is 45.6 Å². The summed E-state index contributed by atoms with van der Waals surface area (Å²) < 4.78 is 54.5. The summed E-state index contributed by atoms with van der Waals surface area (Å²) in [5, 5.41) is 3.57. The molecule has 0 fully saturated rings. The molecule has 631 valence electrons. The number of hydrogen-bond acceptors (Lipinski definition) is 16. The van der Waals surface area contributed by atoms with Crippen LogP contribution < -0.4 is 39.6 Å². The van der Waals surface area contributed by atoms with E-state index in [1.165, 1.54) is 101 Å². The number of nitrogens with one attached hydrogen (secondary N) is 2. The Hall–Kier alpha value is -12.6. The maximum atomic E-state index is 9.08. The van der Waals surface area contributed by atoms with Gasteiger partial charge in [0.05, 0.1) is 54.7 Å². The first kappa shape index (κ1) is 89.7. The van der Waals surface area contributed by atoms with Gasteiger partial charge in [-0.25, -0.2) is 36.8 Å². The number of rotatable bonds is 18. The third kappa shape index (κ3) is 21.0. The normalized spacial score (nSPS) is 12.8. The van der Waals surface area contributed by atoms with Crippen LogP contribution in [0.15, 0.2) is 267 Å². The van der Waals surface area contributed by atoms with E-state index in [1.807, 2.05) is 97.1 Å². The Kier molecular flexibility index (Phi) is 29.8. The maximum absolute atomic E-state index is 9.08. The summed E-state index contributed by atoms with van der Waals surface area (Å²) in [6.07, 6.45) is 10.2. The van der Waals surface area contributed by atoms with Crippen LogP contribution in [0.25, 0.3) is 112 Å². The van der Waals surface area contributed by atoms with Crippen molar-refractivity contribution in [1.29, 1.82) is 0 Å². The minimum atomic E-state index is -3.92. The van der Waals surface area contributed by atoms with Crippen molar-refractivity contribution in [3.63, 3.8) is 0 Å². The zero-order valence-electron chi connectivity index (χ0n) is 71.4. The number of allylic oxidation sites excluding steroid dienone is 6. The molecule has 23 heteroatoms. The number of fused-ring (bicyclic) bond motifs is 22. The van der Waals surface area contributed by atoms with E-state index in [0.29, 0.717) is 58.4 Å². The third-order valence-electron chi connectivity index (χ3n) is 21.6. The Morgan fingerprint density at radius 2 is 0.496 bits per heavy atom. The van der Waals surface area contributed by atoms with Crippen LogP contribution in [0.3, 0.4) is 0 Å². The predicted molar refractivity (Wildman–Crippen MR) is 499 cm³/mol. The van der Waals surface area contributed by atoms with Crippen LogP contribution in [0.1, 0.15) is 114 Å². The number of hydrogen-bond donors (Lipinski definition) is 2. The quantitative estimate of drug-likeness (QED) is 0.0597. The van der Waals surface area contributed by atoms with Crippen LogP contribution in [-0.2, 0) is 37.3 Å². The van der Waals surface area contributed by atoms with E-state index in [9.17, 15) is 0 Å². The molecule has 123 heavy (non-hydrogen) atoms. The maximum Gasteiger partial charge on any atom is 2.00 e. The summed E-state index contributed by atoms with van der Waals surface area (Å²) in [4.78, 5) is 55.9. The van der Waals surface area contributed by atoms with Crippen LogP contribution in [0.5, 0.6) is 0 Å². The molecule has 3 aromatic heterocycles. The van der Waals surface area contributed by atoms with Gasteiger partial charge in [0, 0.05) is 145 Å². The van der Waals surface area contributed by atoms with Crippen molar-refractivity contribution in [2.45, 2.75) is 69.2 Å². The van der Waals surface area contributed by atoms with E-state index in [4.69, 9.17) is 65.8 Å². The van der Waals surface area contributed by atoms with Crippen molar-refractivity contribution < 1.29 is 53.0 Å². The van der Waals surface area contributed by atoms with Gasteiger partial charge in [0.15, 0.2) is 0 Å². The third-order valence-corrected chi connectivity index (χ3v) is 21.6. The zero-order valence-corrected chi connectivity index (χ0v) is 74.0. The average molecular weight is 1720 g/mol. The monoisotopic (exact) mass is 1720 g/mol. The molecule has 17 rings (SSSR count). The second-order valence-electron chi connectivity index (χ2n) is 29.2. The van der Waals surface area contributed by atoms with Crippen LogP contribution >= 0.6 is 0 Å². The first-order valence-corrected chi connectivity index (χ1v) is 45.3. The number of anilines is 4. The molecule has 0 saturated carbocycles. The Morgan fingerprint density at radius 1 is 0.293 bits per heavy atom. The zero-order chi connectivity index (χ0) is 86.2. The summed E-state index contributed by atoms with van der Waals surface area (Å²) in [6.45, 7) is 31.9. The molecule has 13 aromatic rings. The Labute approximate surface area is 732 Å². The largest absolute Gasteiger partial charge is 2.00 e. The molecule has 0 unspecified atom stereocenters. The van der Waals surface area contributed by atoms with Crippen LogP contribution in [0.4, 0.5) is 22.7 Å². The SMILES string of the molecule is CC[NH+]=C1C=CC(=C(c2ccc(N(CC)CC)cc2)c2ccc(N(CC)CC)cc2)c2ccccc21.CC[NH+]=C1C=CC(=C(c2ccc(N(CC)CC)cc2)c2ccc(N(CC)CC)cc2)c2ccccc21.CS(=O)(=O)[O-].CS(=O)(=O)[O-].[Cu+2].c1ccc2c(c1)-c1nc-2nc2[n-]c(nc3nc(nc4[n-]c(n1)c1ccccc41)-c1ccccc1-3)c1ccccc21. The minimum Gasteiger partial charge on any atom is -0.748 e. The van der Waals surface area contributed by atoms with Gasteiger partial charge in [0.1, 0.15) is 13.1 Å². The van der Waals surface area contributed by atoms with Gasteiger partial charge in [0.25, 0.3) is 0 Å². The second-order valence-corrected chi connectivity index (χ2v) is 32.0. The molecule has 8 bridgehead atoms. The first-order chi connectivity index (χ1) is 59.1. The molecule has 2 aliphatic heterocycles. The summed E-state index contributed by atoms with van der Waals surface area (Å²) in [7, 11) is -7.83. The van der Waals surface area contributed by atoms with E-state index in [-0.39, 0.29) is 17.1 Å². The van der Waals surface area contributed by atoms with Crippen LogP contribution in [-0.4, -0.2) is 145 Å². The fraction of sp³-hybridized carbons (Fsp3) is 0.220. The first-order valence-electron chi connectivity index (χ1n) is 41.7. The van der Waals surface area contributed by atoms with Crippen molar-refractivity contribution in [1.82, 2.24) is 39.9 Å². The summed E-state index contributed by atoms with van der Waals surface area (Å²) in [6, 6.07) is 85.7. The molecule has 0 atom stereocenters. The van der Waals surface area contributed by atoms with Crippen LogP contribution in [0.2, 0.25) is 0 Å². The summed E-state index contributed by atoms with van der Waals surface area (Å²) >= 11 is 0. The van der Waals surface area contributed by atoms with Gasteiger partial charge < -0.3 is 58.6 Å². The van der Waals surface area contributed by atoms with E-state index >= 15 is 0 Å².